The van der Waals surface area contributed by atoms with Crippen LogP contribution in [0.4, 0.5) is 0 Å². The second-order valence-corrected chi connectivity index (χ2v) is 6.86. The summed E-state index contributed by atoms with van der Waals surface area (Å²) in [5.41, 5.74) is -1.02. The molecule has 21 heavy (non-hydrogen) atoms. The maximum absolute atomic E-state index is 12.3. The monoisotopic (exact) mass is 295 g/mol. The van der Waals surface area contributed by atoms with Crippen LogP contribution < -0.4 is 5.32 Å². The normalized spacial score (nSPS) is 33.0. The van der Waals surface area contributed by atoms with Crippen LogP contribution in [-0.2, 0) is 14.3 Å². The molecule has 0 aromatic rings. The minimum absolute atomic E-state index is 0.0587. The molecule has 0 spiro atoms. The lowest BCUT2D eigenvalue weighted by atomic mass is 9.73. The highest BCUT2D eigenvalue weighted by Crippen LogP contribution is 2.38. The molecule has 1 unspecified atom stereocenters. The maximum Gasteiger partial charge on any atom is 0.310 e. The van der Waals surface area contributed by atoms with Gasteiger partial charge in [-0.2, -0.15) is 0 Å². The van der Waals surface area contributed by atoms with E-state index in [0.717, 1.165) is 25.7 Å². The first kappa shape index (κ1) is 16.5. The molecular formula is C17H29NO3. The molecule has 1 N–H and O–H groups in total. The Labute approximate surface area is 128 Å². The van der Waals surface area contributed by atoms with Gasteiger partial charge in [0.25, 0.3) is 0 Å². The van der Waals surface area contributed by atoms with Crippen LogP contribution in [0, 0.1) is 11.8 Å². The first-order valence-corrected chi connectivity index (χ1v) is 8.52. The number of fused-ring (bicyclic) bond motifs is 3. The molecule has 0 aromatic carbocycles. The number of ether oxygens (including phenoxy) is 1. The fourth-order valence-corrected chi connectivity index (χ4v) is 3.50. The van der Waals surface area contributed by atoms with Crippen molar-refractivity contribution in [2.24, 2.45) is 11.8 Å². The van der Waals surface area contributed by atoms with Gasteiger partial charge in [-0.25, -0.2) is 0 Å². The number of carbonyl (C=O) groups is 2. The lowest BCUT2D eigenvalue weighted by molar-refractivity contribution is -0.188. The van der Waals surface area contributed by atoms with Gasteiger partial charge in [0.15, 0.2) is 5.78 Å². The van der Waals surface area contributed by atoms with E-state index in [1.54, 1.807) is 0 Å². The van der Waals surface area contributed by atoms with E-state index in [1.807, 2.05) is 6.92 Å². The average Bonchev–Trinajstić information content (AvgIpc) is 2.45. The highest BCUT2D eigenvalue weighted by molar-refractivity contribution is 5.91. The first-order valence-electron chi connectivity index (χ1n) is 8.52. The average molecular weight is 295 g/mol. The maximum atomic E-state index is 12.3. The second-order valence-electron chi connectivity index (χ2n) is 6.86. The number of Topliss-reactive ketones (excluding diaryl/α,β-unsaturated/α-hetero) is 1. The standard InChI is InChI=1S/C17H29NO3/c1-4-5-6-7-8-12(2)16(20)21-17-10-9-14(11-15(17)19)13(3)18-17/h12-14,18H,4-11H2,1-3H3/t12?,13-,14-,17+/m1/s1. The predicted octanol–water partition coefficient (Wildman–Crippen LogP) is 3.19. The smallest absolute Gasteiger partial charge is 0.310 e. The van der Waals surface area contributed by atoms with Crippen molar-refractivity contribution < 1.29 is 14.3 Å². The van der Waals surface area contributed by atoms with Crippen molar-refractivity contribution in [2.75, 3.05) is 0 Å². The Morgan fingerprint density at radius 2 is 2.19 bits per heavy atom. The predicted molar refractivity (Wildman–Crippen MR) is 81.7 cm³/mol. The van der Waals surface area contributed by atoms with Crippen LogP contribution in [0.5, 0.6) is 0 Å². The van der Waals surface area contributed by atoms with Crippen LogP contribution in [0.15, 0.2) is 0 Å². The van der Waals surface area contributed by atoms with E-state index in [2.05, 4.69) is 19.2 Å². The molecule has 0 aromatic heterocycles. The summed E-state index contributed by atoms with van der Waals surface area (Å²) in [6.07, 6.45) is 7.62. The molecular weight excluding hydrogens is 266 g/mol. The minimum Gasteiger partial charge on any atom is -0.436 e. The van der Waals surface area contributed by atoms with Crippen molar-refractivity contribution in [3.63, 3.8) is 0 Å². The van der Waals surface area contributed by atoms with Gasteiger partial charge in [0.2, 0.25) is 5.72 Å². The molecule has 2 heterocycles. The number of piperidine rings is 2. The van der Waals surface area contributed by atoms with Gasteiger partial charge in [-0.15, -0.1) is 0 Å². The highest BCUT2D eigenvalue weighted by Gasteiger charge is 2.53. The van der Waals surface area contributed by atoms with Gasteiger partial charge in [-0.3, -0.25) is 14.9 Å². The van der Waals surface area contributed by atoms with Gasteiger partial charge in [0, 0.05) is 18.9 Å². The van der Waals surface area contributed by atoms with Crippen molar-refractivity contribution >= 4 is 11.8 Å². The Hall–Kier alpha value is -0.900. The van der Waals surface area contributed by atoms with Gasteiger partial charge in [0.1, 0.15) is 0 Å². The van der Waals surface area contributed by atoms with E-state index in [4.69, 9.17) is 4.74 Å². The zero-order chi connectivity index (χ0) is 15.5. The van der Waals surface area contributed by atoms with Gasteiger partial charge in [0.05, 0.1) is 5.92 Å². The molecule has 0 amide bonds. The number of unbranched alkanes of at least 4 members (excludes halogenated alkanes) is 3. The zero-order valence-electron chi connectivity index (χ0n) is 13.6. The molecule has 1 saturated carbocycles. The van der Waals surface area contributed by atoms with Crippen LogP contribution in [-0.4, -0.2) is 23.5 Å². The van der Waals surface area contributed by atoms with Crippen molar-refractivity contribution in [1.82, 2.24) is 5.32 Å². The summed E-state index contributed by atoms with van der Waals surface area (Å²) >= 11 is 0. The largest absolute Gasteiger partial charge is 0.436 e. The molecule has 2 aliphatic heterocycles. The van der Waals surface area contributed by atoms with E-state index < -0.39 is 5.72 Å². The van der Waals surface area contributed by atoms with Gasteiger partial charge < -0.3 is 4.74 Å². The Balaban J connectivity index is 1.87. The molecule has 4 nitrogen and oxygen atoms in total. The van der Waals surface area contributed by atoms with Gasteiger partial charge in [-0.1, -0.05) is 39.5 Å². The van der Waals surface area contributed by atoms with E-state index >= 15 is 0 Å². The fraction of sp³-hybridized carbons (Fsp3) is 0.882. The number of hydrogen-bond acceptors (Lipinski definition) is 4. The third-order valence-corrected chi connectivity index (χ3v) is 5.10. The Bertz CT molecular complexity index is 395. The molecule has 2 bridgehead atoms. The molecule has 4 heteroatoms. The summed E-state index contributed by atoms with van der Waals surface area (Å²) in [6.45, 7) is 6.16. The number of rotatable bonds is 7. The second kappa shape index (κ2) is 6.91. The van der Waals surface area contributed by atoms with Crippen molar-refractivity contribution in [2.45, 2.75) is 83.9 Å². The number of hydrogen-bond donors (Lipinski definition) is 1. The van der Waals surface area contributed by atoms with E-state index in [0.29, 0.717) is 18.8 Å². The Kier molecular flexibility index (Phi) is 5.42. The molecule has 3 fully saturated rings. The lowest BCUT2D eigenvalue weighted by Gasteiger charge is -2.48. The summed E-state index contributed by atoms with van der Waals surface area (Å²) in [5, 5.41) is 3.25. The van der Waals surface area contributed by atoms with E-state index in [1.165, 1.54) is 12.8 Å². The molecule has 3 rings (SSSR count). The Morgan fingerprint density at radius 1 is 1.43 bits per heavy atom. The summed E-state index contributed by atoms with van der Waals surface area (Å²) in [7, 11) is 0. The van der Waals surface area contributed by atoms with Crippen molar-refractivity contribution in [3.8, 4) is 0 Å². The van der Waals surface area contributed by atoms with Crippen molar-refractivity contribution in [1.29, 1.82) is 0 Å². The van der Waals surface area contributed by atoms with Crippen molar-refractivity contribution in [3.05, 3.63) is 0 Å². The zero-order valence-corrected chi connectivity index (χ0v) is 13.6. The summed E-state index contributed by atoms with van der Waals surface area (Å²) in [4.78, 5) is 24.5. The molecule has 3 aliphatic rings. The molecule has 1 aliphatic carbocycles. The van der Waals surface area contributed by atoms with Crippen LogP contribution in [0.3, 0.4) is 0 Å². The summed E-state index contributed by atoms with van der Waals surface area (Å²) < 4.78 is 5.67. The third kappa shape index (κ3) is 3.65. The van der Waals surface area contributed by atoms with Crippen LogP contribution in [0.25, 0.3) is 0 Å². The van der Waals surface area contributed by atoms with Gasteiger partial charge in [-0.05, 0) is 25.7 Å². The van der Waals surface area contributed by atoms with Crippen LogP contribution in [0.1, 0.15) is 72.1 Å². The number of esters is 1. The highest BCUT2D eigenvalue weighted by atomic mass is 16.6. The van der Waals surface area contributed by atoms with E-state index in [-0.39, 0.29) is 23.7 Å². The third-order valence-electron chi connectivity index (χ3n) is 5.10. The molecule has 2 saturated heterocycles. The minimum atomic E-state index is -1.02. The lowest BCUT2D eigenvalue weighted by Crippen LogP contribution is -2.67. The van der Waals surface area contributed by atoms with Crippen LogP contribution >= 0.6 is 0 Å². The SMILES string of the molecule is CCCCCCC(C)C(=O)O[C@@]12CC[C@H](CC1=O)[C@@H](C)N2. The molecule has 0 radical (unpaired) electrons. The van der Waals surface area contributed by atoms with Crippen LogP contribution in [0.2, 0.25) is 0 Å². The summed E-state index contributed by atoms with van der Waals surface area (Å²) in [5.74, 6) is 0.119. The number of ketones is 1. The number of nitrogens with one attached hydrogen (secondary N) is 1. The molecule has 4 atom stereocenters. The van der Waals surface area contributed by atoms with E-state index in [9.17, 15) is 9.59 Å². The first-order chi connectivity index (χ1) is 9.98. The summed E-state index contributed by atoms with van der Waals surface area (Å²) in [6, 6.07) is 0.254. The molecule has 120 valence electrons. The number of carbonyl (C=O) groups excluding carboxylic acids is 2. The topological polar surface area (TPSA) is 55.4 Å². The Morgan fingerprint density at radius 3 is 2.81 bits per heavy atom. The van der Waals surface area contributed by atoms with Gasteiger partial charge >= 0.3 is 5.97 Å². The fourth-order valence-electron chi connectivity index (χ4n) is 3.50. The quantitative estimate of drug-likeness (QED) is 0.579.